The molecule has 0 spiro atoms. The molecule has 2 aromatic carbocycles. The van der Waals surface area contributed by atoms with Crippen LogP contribution < -0.4 is 15.4 Å². The van der Waals surface area contributed by atoms with Crippen molar-refractivity contribution < 1.29 is 24.5 Å². The number of ether oxygens (including phenoxy) is 2. The molecule has 3 heterocycles. The number of aliphatic hydroxyl groups is 2. The molecule has 3 aliphatic heterocycles. The number of hydrogen-bond acceptors (Lipinski definition) is 9. The lowest BCUT2D eigenvalue weighted by atomic mass is 10.00. The van der Waals surface area contributed by atoms with Crippen molar-refractivity contribution in [1.82, 2.24) is 24.9 Å². The van der Waals surface area contributed by atoms with Gasteiger partial charge in [-0.3, -0.25) is 9.80 Å². The summed E-state index contributed by atoms with van der Waals surface area (Å²) in [6.45, 7) is 11.9. The Hall–Kier alpha value is -3.19. The van der Waals surface area contributed by atoms with Gasteiger partial charge in [0.15, 0.2) is 6.23 Å². The Balaban J connectivity index is 1.23. The van der Waals surface area contributed by atoms with E-state index >= 15 is 0 Å². The second-order valence-corrected chi connectivity index (χ2v) is 13.2. The van der Waals surface area contributed by atoms with Gasteiger partial charge in [0.2, 0.25) is 6.41 Å². The maximum absolute atomic E-state index is 13.1. The molecule has 2 saturated heterocycles. The number of hydrogen-bond donors (Lipinski definition) is 4. The molecule has 2 fully saturated rings. The first-order valence-corrected chi connectivity index (χ1v) is 17.0. The summed E-state index contributed by atoms with van der Waals surface area (Å²) in [5.41, 5.74) is 5.05. The van der Waals surface area contributed by atoms with Crippen molar-refractivity contribution >= 4 is 11.7 Å². The van der Waals surface area contributed by atoms with Crippen molar-refractivity contribution in [2.45, 2.75) is 77.3 Å². The highest BCUT2D eigenvalue weighted by Gasteiger charge is 2.34. The predicted molar refractivity (Wildman–Crippen MR) is 184 cm³/mol. The highest BCUT2D eigenvalue weighted by atomic mass is 16.6. The number of piperazine rings is 1. The number of amides is 2. The van der Waals surface area contributed by atoms with E-state index in [1.165, 1.54) is 0 Å². The molecular formula is C36H54N6O5. The van der Waals surface area contributed by atoms with E-state index in [1.54, 1.807) is 12.0 Å². The number of nitrogens with zero attached hydrogens (tertiary/aromatic N) is 4. The molecular weight excluding hydrogens is 596 g/mol. The molecule has 47 heavy (non-hydrogen) atoms. The predicted octanol–water partition coefficient (Wildman–Crippen LogP) is 3.13. The third-order valence-electron chi connectivity index (χ3n) is 9.93. The number of methoxy groups -OCH3 is 1. The first kappa shape index (κ1) is 35.1. The van der Waals surface area contributed by atoms with E-state index in [4.69, 9.17) is 9.47 Å². The fraction of sp³-hybridized carbons (Fsp3) is 0.583. The molecule has 0 aromatic heterocycles. The zero-order valence-electron chi connectivity index (χ0n) is 28.7. The third-order valence-corrected chi connectivity index (χ3v) is 9.93. The van der Waals surface area contributed by atoms with Gasteiger partial charge in [-0.05, 0) is 74.6 Å². The number of para-hydroxylation sites is 1. The Kier molecular flexibility index (Phi) is 12.2. The van der Waals surface area contributed by atoms with Crippen molar-refractivity contribution in [3.8, 4) is 5.75 Å². The van der Waals surface area contributed by atoms with E-state index in [0.29, 0.717) is 26.1 Å². The van der Waals surface area contributed by atoms with Crippen molar-refractivity contribution in [2.75, 3.05) is 65.3 Å². The maximum Gasteiger partial charge on any atom is 0.322 e. The number of likely N-dealkylation sites (tertiary alicyclic amines) is 1. The van der Waals surface area contributed by atoms with Crippen LogP contribution in [-0.2, 0) is 17.6 Å². The van der Waals surface area contributed by atoms with Crippen LogP contribution in [0.25, 0.3) is 0 Å². The van der Waals surface area contributed by atoms with Gasteiger partial charge < -0.3 is 40.1 Å². The number of nitrogens with one attached hydrogen (secondary N) is 2. The summed E-state index contributed by atoms with van der Waals surface area (Å²) in [4.78, 5) is 21.1. The molecule has 4 N–H and O–H groups in total. The van der Waals surface area contributed by atoms with Crippen LogP contribution in [0, 0.1) is 13.8 Å². The number of piperidine rings is 1. The minimum absolute atomic E-state index is 0.0687. The molecule has 3 aliphatic rings. The van der Waals surface area contributed by atoms with E-state index in [1.807, 2.05) is 55.1 Å². The number of rotatable bonds is 12. The van der Waals surface area contributed by atoms with Gasteiger partial charge in [0.05, 0.1) is 7.11 Å². The highest BCUT2D eigenvalue weighted by molar-refractivity contribution is 5.91. The van der Waals surface area contributed by atoms with Gasteiger partial charge in [-0.15, -0.1) is 0 Å². The van der Waals surface area contributed by atoms with Gasteiger partial charge in [0.25, 0.3) is 0 Å². The first-order valence-electron chi connectivity index (χ1n) is 17.0. The summed E-state index contributed by atoms with van der Waals surface area (Å²) >= 11 is 0. The molecule has 11 heteroatoms. The summed E-state index contributed by atoms with van der Waals surface area (Å²) in [5, 5.41) is 29.5. The molecule has 0 bridgehead atoms. The van der Waals surface area contributed by atoms with Gasteiger partial charge >= 0.3 is 6.03 Å². The molecule has 4 atom stereocenters. The van der Waals surface area contributed by atoms with Crippen molar-refractivity contribution in [1.29, 1.82) is 0 Å². The fourth-order valence-corrected chi connectivity index (χ4v) is 7.16. The summed E-state index contributed by atoms with van der Waals surface area (Å²) in [5.74, 6) is 0.846. The average molecular weight is 651 g/mol. The molecule has 11 nitrogen and oxygen atoms in total. The minimum Gasteiger partial charge on any atom is -0.496 e. The molecule has 5 rings (SSSR count). The molecule has 0 saturated carbocycles. The highest BCUT2D eigenvalue weighted by Crippen LogP contribution is 2.28. The number of carbonyl (C=O) groups is 1. The summed E-state index contributed by atoms with van der Waals surface area (Å²) in [6, 6.07) is 12.3. The van der Waals surface area contributed by atoms with Gasteiger partial charge in [-0.2, -0.15) is 0 Å². The standard InChI is InChI=1S/C36H54N6O5/c1-25-22-28(23-26(2)33(25)46-5)24-32(34(43)39(4)16-10-27(3)40-20-14-37-15-21-40)47-36(45)41-17-12-30(13-18-41)42-19-11-29-8-6-7-9-31(29)38-35(42)44/h6-10,16,22-23,27,30,32,34,36-37,43,45H,11-15,17-21,24H2,1-5H3,(H,38,44). The zero-order valence-corrected chi connectivity index (χ0v) is 28.7. The van der Waals surface area contributed by atoms with Crippen molar-refractivity contribution in [3.05, 3.63) is 70.9 Å². The number of fused-ring (bicyclic) bond motifs is 1. The van der Waals surface area contributed by atoms with Crippen LogP contribution >= 0.6 is 0 Å². The molecule has 2 aromatic rings. The van der Waals surface area contributed by atoms with Crippen molar-refractivity contribution in [2.24, 2.45) is 0 Å². The lowest BCUT2D eigenvalue weighted by molar-refractivity contribution is -0.248. The monoisotopic (exact) mass is 650 g/mol. The van der Waals surface area contributed by atoms with Crippen molar-refractivity contribution in [3.63, 3.8) is 0 Å². The Labute approximate surface area is 280 Å². The van der Waals surface area contributed by atoms with Gasteiger partial charge in [0.1, 0.15) is 11.9 Å². The largest absolute Gasteiger partial charge is 0.496 e. The van der Waals surface area contributed by atoms with Gasteiger partial charge in [-0.25, -0.2) is 4.79 Å². The van der Waals surface area contributed by atoms with Crippen LogP contribution in [0.15, 0.2) is 48.7 Å². The average Bonchev–Trinajstić information content (AvgIpc) is 3.24. The van der Waals surface area contributed by atoms with Gasteiger partial charge in [0, 0.05) is 77.1 Å². The van der Waals surface area contributed by atoms with Gasteiger partial charge in [-0.1, -0.05) is 36.4 Å². The number of benzene rings is 2. The maximum atomic E-state index is 13.1. The summed E-state index contributed by atoms with van der Waals surface area (Å²) in [6.07, 6.45) is 3.76. The van der Waals surface area contributed by atoms with E-state index < -0.39 is 18.7 Å². The molecule has 0 aliphatic carbocycles. The Bertz CT molecular complexity index is 1340. The topological polar surface area (TPSA) is 113 Å². The van der Waals surface area contributed by atoms with Crippen LogP contribution in [0.5, 0.6) is 5.75 Å². The second kappa shape index (κ2) is 16.3. The number of likely N-dealkylation sites (N-methyl/N-ethyl adjacent to an activating group) is 1. The van der Waals surface area contributed by atoms with E-state index in [-0.39, 0.29) is 18.1 Å². The van der Waals surface area contributed by atoms with Crippen LogP contribution in [-0.4, -0.2) is 127 Å². The Morgan fingerprint density at radius 3 is 2.38 bits per heavy atom. The lowest BCUT2D eigenvalue weighted by Gasteiger charge is -2.40. The summed E-state index contributed by atoms with van der Waals surface area (Å²) < 4.78 is 11.9. The van der Waals surface area contributed by atoms with Crippen LogP contribution in [0.4, 0.5) is 10.5 Å². The van der Waals surface area contributed by atoms with E-state index in [9.17, 15) is 15.0 Å². The van der Waals surface area contributed by atoms with E-state index in [2.05, 4.69) is 46.7 Å². The Morgan fingerprint density at radius 2 is 1.70 bits per heavy atom. The van der Waals surface area contributed by atoms with Crippen LogP contribution in [0.3, 0.4) is 0 Å². The quantitative estimate of drug-likeness (QED) is 0.258. The number of aryl methyl sites for hydroxylation is 2. The van der Waals surface area contributed by atoms with Crippen LogP contribution in [0.2, 0.25) is 0 Å². The zero-order chi connectivity index (χ0) is 33.5. The number of carbonyl (C=O) groups excluding carboxylic acids is 1. The minimum atomic E-state index is -1.20. The molecule has 0 radical (unpaired) electrons. The SMILES string of the molecule is COc1c(C)cc(CC(OC(O)N2CCC(N3CCc4ccccc4NC3=O)CC2)C(O)N(C)C=CC(C)N2CCNCC2)cc1C. The summed E-state index contributed by atoms with van der Waals surface area (Å²) in [7, 11) is 3.51. The lowest BCUT2D eigenvalue weighted by Crippen LogP contribution is -2.53. The Morgan fingerprint density at radius 1 is 1.02 bits per heavy atom. The van der Waals surface area contributed by atoms with Crippen LogP contribution in [0.1, 0.15) is 42.0 Å². The molecule has 4 unspecified atom stereocenters. The molecule has 258 valence electrons. The first-order chi connectivity index (χ1) is 22.6. The molecule has 2 amide bonds. The number of aliphatic hydroxyl groups excluding tert-OH is 2. The second-order valence-electron chi connectivity index (χ2n) is 13.2. The number of anilines is 1. The van der Waals surface area contributed by atoms with E-state index in [0.717, 1.165) is 79.1 Å². The normalized spacial score (nSPS) is 21.1. The smallest absolute Gasteiger partial charge is 0.322 e. The fourth-order valence-electron chi connectivity index (χ4n) is 7.16. The third kappa shape index (κ3) is 8.84. The number of urea groups is 1.